The zero-order chi connectivity index (χ0) is 12.9. The fourth-order valence-electron chi connectivity index (χ4n) is 1.36. The van der Waals surface area contributed by atoms with Crippen LogP contribution in [0.5, 0.6) is 0 Å². The molecule has 0 saturated carbocycles. The van der Waals surface area contributed by atoms with Crippen molar-refractivity contribution in [3.63, 3.8) is 0 Å². The summed E-state index contributed by atoms with van der Waals surface area (Å²) in [7, 11) is -3.29. The van der Waals surface area contributed by atoms with E-state index in [4.69, 9.17) is 0 Å². The smallest absolute Gasteiger partial charge is 0.212 e. The van der Waals surface area contributed by atoms with E-state index in [9.17, 15) is 8.42 Å². The van der Waals surface area contributed by atoms with Crippen molar-refractivity contribution in [3.05, 3.63) is 38.8 Å². The molecule has 1 aromatic carbocycles. The lowest BCUT2D eigenvalue weighted by Crippen LogP contribution is -2.00. The van der Waals surface area contributed by atoms with E-state index in [1.807, 2.05) is 41.6 Å². The molecule has 0 aromatic heterocycles. The molecule has 0 fully saturated rings. The largest absolute Gasteiger partial charge is 0.218 e. The van der Waals surface area contributed by atoms with Crippen LogP contribution in [-0.4, -0.2) is 8.42 Å². The summed E-state index contributed by atoms with van der Waals surface area (Å²) in [6.45, 7) is 4.04. The third kappa shape index (κ3) is 4.10. The number of hydrogen-bond donors (Lipinski definition) is 0. The summed E-state index contributed by atoms with van der Waals surface area (Å²) in [6, 6.07) is 6.97. The van der Waals surface area contributed by atoms with Crippen molar-refractivity contribution in [2.75, 3.05) is 0 Å². The van der Waals surface area contributed by atoms with Crippen LogP contribution in [0.2, 0.25) is 0 Å². The predicted octanol–water partition coefficient (Wildman–Crippen LogP) is 4.24. The highest BCUT2D eigenvalue weighted by Crippen LogP contribution is 2.25. The number of rotatable bonds is 5. The number of hydrogen-bond acceptors (Lipinski definition) is 2. The van der Waals surface area contributed by atoms with Crippen molar-refractivity contribution in [3.8, 4) is 0 Å². The molecule has 0 saturated heterocycles. The van der Waals surface area contributed by atoms with Gasteiger partial charge in [0.1, 0.15) is 2.91 Å². The molecular formula is C13H17IO2S. The van der Waals surface area contributed by atoms with Crippen molar-refractivity contribution in [2.24, 2.45) is 0 Å². The lowest BCUT2D eigenvalue weighted by atomic mass is 10.2. The minimum Gasteiger partial charge on any atom is -0.218 e. The Morgan fingerprint density at radius 2 is 1.88 bits per heavy atom. The highest BCUT2D eigenvalue weighted by atomic mass is 127. The third-order valence-electron chi connectivity index (χ3n) is 2.45. The number of aryl methyl sites for hydroxylation is 1. The molecule has 0 atom stereocenters. The molecule has 0 N–H and O–H groups in total. The van der Waals surface area contributed by atoms with Gasteiger partial charge in [-0.25, -0.2) is 8.42 Å². The van der Waals surface area contributed by atoms with E-state index in [1.165, 1.54) is 0 Å². The van der Waals surface area contributed by atoms with Crippen LogP contribution in [0, 0.1) is 6.92 Å². The first kappa shape index (κ1) is 14.7. The monoisotopic (exact) mass is 364 g/mol. The van der Waals surface area contributed by atoms with Crippen LogP contribution in [0.15, 0.2) is 38.1 Å². The van der Waals surface area contributed by atoms with Crippen LogP contribution >= 0.6 is 22.6 Å². The Balaban J connectivity index is 2.95. The zero-order valence-corrected chi connectivity index (χ0v) is 13.1. The Kier molecular flexibility index (Phi) is 5.66. The second kappa shape index (κ2) is 6.54. The summed E-state index contributed by atoms with van der Waals surface area (Å²) in [5.74, 6) is 0. The van der Waals surface area contributed by atoms with Gasteiger partial charge in [0, 0.05) is 0 Å². The summed E-state index contributed by atoms with van der Waals surface area (Å²) in [5.41, 5.74) is 1.06. The van der Waals surface area contributed by atoms with Gasteiger partial charge in [-0.05, 0) is 48.1 Å². The van der Waals surface area contributed by atoms with Gasteiger partial charge in [0.2, 0.25) is 9.84 Å². The Morgan fingerprint density at radius 3 is 2.41 bits per heavy atom. The molecule has 0 aliphatic carbocycles. The van der Waals surface area contributed by atoms with E-state index in [-0.39, 0.29) is 0 Å². The van der Waals surface area contributed by atoms with E-state index >= 15 is 0 Å². The van der Waals surface area contributed by atoms with Crippen molar-refractivity contribution in [1.82, 2.24) is 0 Å². The molecule has 0 aliphatic rings. The SMILES string of the molecule is CCCC/C=C(/I)S(=O)(=O)c1ccc(C)cc1. The number of allylic oxidation sites excluding steroid dienone is 1. The van der Waals surface area contributed by atoms with Gasteiger partial charge in [-0.1, -0.05) is 43.5 Å². The van der Waals surface area contributed by atoms with Crippen molar-refractivity contribution >= 4 is 32.4 Å². The average Bonchev–Trinajstić information content (AvgIpc) is 2.29. The van der Waals surface area contributed by atoms with Crippen LogP contribution < -0.4 is 0 Å². The van der Waals surface area contributed by atoms with Gasteiger partial charge in [-0.15, -0.1) is 0 Å². The zero-order valence-electron chi connectivity index (χ0n) is 10.1. The van der Waals surface area contributed by atoms with Crippen molar-refractivity contribution in [1.29, 1.82) is 0 Å². The summed E-state index contributed by atoms with van der Waals surface area (Å²) >= 11 is 1.91. The second-order valence-electron chi connectivity index (χ2n) is 3.97. The lowest BCUT2D eigenvalue weighted by Gasteiger charge is -2.04. The van der Waals surface area contributed by atoms with Crippen LogP contribution in [-0.2, 0) is 9.84 Å². The van der Waals surface area contributed by atoms with Crippen LogP contribution in [0.1, 0.15) is 31.7 Å². The van der Waals surface area contributed by atoms with E-state index in [0.717, 1.165) is 24.8 Å². The summed E-state index contributed by atoms with van der Waals surface area (Å²) in [5, 5.41) is 0. The number of benzene rings is 1. The van der Waals surface area contributed by atoms with E-state index in [0.29, 0.717) is 7.81 Å². The average molecular weight is 364 g/mol. The fourth-order valence-corrected chi connectivity index (χ4v) is 3.49. The van der Waals surface area contributed by atoms with E-state index in [2.05, 4.69) is 6.92 Å². The molecule has 4 heteroatoms. The van der Waals surface area contributed by atoms with Gasteiger partial charge in [0.25, 0.3) is 0 Å². The molecule has 0 radical (unpaired) electrons. The Labute approximate surface area is 117 Å². The van der Waals surface area contributed by atoms with Crippen LogP contribution in [0.4, 0.5) is 0 Å². The molecule has 0 spiro atoms. The van der Waals surface area contributed by atoms with Gasteiger partial charge in [-0.3, -0.25) is 0 Å². The third-order valence-corrected chi connectivity index (χ3v) is 6.20. The Morgan fingerprint density at radius 1 is 1.29 bits per heavy atom. The Hall–Kier alpha value is -0.360. The minimum absolute atomic E-state index is 0.375. The Bertz CT molecular complexity index is 487. The van der Waals surface area contributed by atoms with E-state index in [1.54, 1.807) is 18.2 Å². The van der Waals surface area contributed by atoms with Crippen LogP contribution in [0.3, 0.4) is 0 Å². The van der Waals surface area contributed by atoms with Gasteiger partial charge in [-0.2, -0.15) is 0 Å². The van der Waals surface area contributed by atoms with Crippen molar-refractivity contribution < 1.29 is 8.42 Å². The van der Waals surface area contributed by atoms with Gasteiger partial charge < -0.3 is 0 Å². The number of unbranched alkanes of at least 4 members (excludes halogenated alkanes) is 2. The van der Waals surface area contributed by atoms with Crippen molar-refractivity contribution in [2.45, 2.75) is 38.0 Å². The van der Waals surface area contributed by atoms with Crippen LogP contribution in [0.25, 0.3) is 0 Å². The predicted molar refractivity (Wildman–Crippen MR) is 80.0 cm³/mol. The van der Waals surface area contributed by atoms with Gasteiger partial charge in [0.15, 0.2) is 0 Å². The molecule has 0 unspecified atom stereocenters. The van der Waals surface area contributed by atoms with Gasteiger partial charge >= 0.3 is 0 Å². The quantitative estimate of drug-likeness (QED) is 0.579. The summed E-state index contributed by atoms with van der Waals surface area (Å²) in [4.78, 5) is 0.375. The highest BCUT2D eigenvalue weighted by molar-refractivity contribution is 14.1. The molecule has 0 amide bonds. The maximum absolute atomic E-state index is 12.2. The first-order chi connectivity index (χ1) is 7.98. The lowest BCUT2D eigenvalue weighted by molar-refractivity contribution is 0.604. The maximum atomic E-state index is 12.2. The molecule has 2 nitrogen and oxygen atoms in total. The van der Waals surface area contributed by atoms with Gasteiger partial charge in [0.05, 0.1) is 4.90 Å². The standard InChI is InChI=1S/C13H17IO2S/c1-3-4-5-6-13(14)17(15,16)12-9-7-11(2)8-10-12/h6-10H,3-5H2,1-2H3/b13-6-. The molecular weight excluding hydrogens is 347 g/mol. The van der Waals surface area contributed by atoms with E-state index < -0.39 is 9.84 Å². The molecule has 0 heterocycles. The maximum Gasteiger partial charge on any atom is 0.212 e. The highest BCUT2D eigenvalue weighted by Gasteiger charge is 2.17. The molecule has 1 rings (SSSR count). The molecule has 17 heavy (non-hydrogen) atoms. The number of halogens is 1. The number of sulfone groups is 1. The molecule has 0 bridgehead atoms. The summed E-state index contributed by atoms with van der Waals surface area (Å²) in [6.07, 6.45) is 4.72. The molecule has 94 valence electrons. The second-order valence-corrected chi connectivity index (χ2v) is 7.78. The first-order valence-corrected chi connectivity index (χ1v) is 8.22. The minimum atomic E-state index is -3.29. The fraction of sp³-hybridized carbons (Fsp3) is 0.385. The first-order valence-electron chi connectivity index (χ1n) is 5.66. The normalized spacial score (nSPS) is 12.8. The summed E-state index contributed by atoms with van der Waals surface area (Å²) < 4.78 is 24.7. The molecule has 1 aromatic rings. The molecule has 0 aliphatic heterocycles. The topological polar surface area (TPSA) is 34.1 Å².